The van der Waals surface area contributed by atoms with Crippen LogP contribution >= 0.6 is 22.7 Å². The zero-order valence-electron chi connectivity index (χ0n) is 12.6. The lowest BCUT2D eigenvalue weighted by Gasteiger charge is -2.08. The van der Waals surface area contributed by atoms with Crippen molar-refractivity contribution in [1.82, 2.24) is 0 Å². The molecule has 0 atom stereocenters. The third kappa shape index (κ3) is 3.35. The normalized spacial score (nSPS) is 11.4. The van der Waals surface area contributed by atoms with Gasteiger partial charge in [-0.2, -0.15) is 11.3 Å². The van der Waals surface area contributed by atoms with Crippen molar-refractivity contribution in [1.29, 1.82) is 0 Å². The van der Waals surface area contributed by atoms with Crippen molar-refractivity contribution < 1.29 is 13.2 Å². The van der Waals surface area contributed by atoms with E-state index in [2.05, 4.69) is 4.72 Å². The van der Waals surface area contributed by atoms with Crippen molar-refractivity contribution in [3.05, 3.63) is 57.6 Å². The molecule has 5 nitrogen and oxygen atoms in total. The highest BCUT2D eigenvalue weighted by Crippen LogP contribution is 2.36. The van der Waals surface area contributed by atoms with E-state index >= 15 is 0 Å². The number of aryl methyl sites for hydroxylation is 1. The smallest absolute Gasteiger partial charge is 0.261 e. The van der Waals surface area contributed by atoms with Crippen LogP contribution in [0.25, 0.3) is 10.4 Å². The van der Waals surface area contributed by atoms with Gasteiger partial charge in [0.1, 0.15) is 4.88 Å². The van der Waals surface area contributed by atoms with Gasteiger partial charge in [0.15, 0.2) is 0 Å². The van der Waals surface area contributed by atoms with E-state index < -0.39 is 15.9 Å². The second-order valence-corrected chi connectivity index (χ2v) is 8.66. The first-order valence-corrected chi connectivity index (χ1v) is 10.2. The summed E-state index contributed by atoms with van der Waals surface area (Å²) in [6.45, 7) is 1.88. The van der Waals surface area contributed by atoms with Crippen molar-refractivity contribution in [2.45, 2.75) is 11.8 Å². The Morgan fingerprint density at radius 3 is 2.46 bits per heavy atom. The number of hydrogen-bond acceptors (Lipinski definition) is 5. The molecule has 2 aromatic heterocycles. The minimum Gasteiger partial charge on any atom is -0.365 e. The number of benzene rings is 1. The number of carbonyl (C=O) groups excluding carboxylic acids is 1. The highest BCUT2D eigenvalue weighted by atomic mass is 32.2. The number of rotatable bonds is 5. The molecule has 2 heterocycles. The Hall–Kier alpha value is -2.16. The van der Waals surface area contributed by atoms with Gasteiger partial charge in [0.25, 0.3) is 15.9 Å². The predicted molar refractivity (Wildman–Crippen MR) is 98.1 cm³/mol. The van der Waals surface area contributed by atoms with Crippen LogP contribution < -0.4 is 10.5 Å². The molecule has 0 aliphatic rings. The molecular weight excluding hydrogens is 364 g/mol. The van der Waals surface area contributed by atoms with Gasteiger partial charge in [0.2, 0.25) is 0 Å². The molecule has 0 aliphatic carbocycles. The molecule has 0 saturated carbocycles. The van der Waals surface area contributed by atoms with Gasteiger partial charge in [-0.1, -0.05) is 17.7 Å². The first-order chi connectivity index (χ1) is 11.4. The minimum atomic E-state index is -3.79. The van der Waals surface area contributed by atoms with Crippen LogP contribution in [0.5, 0.6) is 0 Å². The van der Waals surface area contributed by atoms with Crippen LogP contribution in [-0.4, -0.2) is 14.3 Å². The number of hydrogen-bond donors (Lipinski definition) is 2. The Kier molecular flexibility index (Phi) is 4.44. The van der Waals surface area contributed by atoms with Gasteiger partial charge in [0, 0.05) is 10.4 Å². The molecule has 0 aliphatic heterocycles. The van der Waals surface area contributed by atoms with Crippen molar-refractivity contribution >= 4 is 44.3 Å². The number of amides is 1. The summed E-state index contributed by atoms with van der Waals surface area (Å²) in [6, 6.07) is 10.0. The summed E-state index contributed by atoms with van der Waals surface area (Å²) >= 11 is 2.69. The van der Waals surface area contributed by atoms with Crippen LogP contribution in [0.3, 0.4) is 0 Å². The second-order valence-electron chi connectivity index (χ2n) is 5.15. The summed E-state index contributed by atoms with van der Waals surface area (Å²) in [7, 11) is -3.79. The van der Waals surface area contributed by atoms with E-state index in [0.29, 0.717) is 0 Å². The maximum atomic E-state index is 12.5. The van der Waals surface area contributed by atoms with E-state index in [-0.39, 0.29) is 15.5 Å². The fraction of sp³-hybridized carbons (Fsp3) is 0.0625. The molecule has 24 heavy (non-hydrogen) atoms. The maximum absolute atomic E-state index is 12.5. The Labute approximate surface area is 147 Å². The summed E-state index contributed by atoms with van der Waals surface area (Å²) < 4.78 is 27.5. The van der Waals surface area contributed by atoms with E-state index in [1.54, 1.807) is 18.2 Å². The molecule has 0 radical (unpaired) electrons. The zero-order valence-corrected chi connectivity index (χ0v) is 15.1. The third-order valence-electron chi connectivity index (χ3n) is 3.34. The number of primary amides is 1. The standard InChI is InChI=1S/C16H14N2O3S3/c1-10-2-4-12(5-3-10)24(20,21)18-13-8-14(11-6-7-22-9-11)23-15(13)16(17)19/h2-9,18H,1H3,(H2,17,19). The molecule has 0 bridgehead atoms. The second kappa shape index (κ2) is 6.39. The van der Waals surface area contributed by atoms with Crippen molar-refractivity contribution in [2.75, 3.05) is 4.72 Å². The molecule has 0 unspecified atom stereocenters. The number of thiophene rings is 2. The van der Waals surface area contributed by atoms with Crippen LogP contribution in [0.2, 0.25) is 0 Å². The lowest BCUT2D eigenvalue weighted by molar-refractivity contribution is 0.100. The Morgan fingerprint density at radius 1 is 1.17 bits per heavy atom. The van der Waals surface area contributed by atoms with E-state index in [1.807, 2.05) is 23.8 Å². The van der Waals surface area contributed by atoms with E-state index in [0.717, 1.165) is 16.0 Å². The summed E-state index contributed by atoms with van der Waals surface area (Å²) in [4.78, 5) is 12.8. The summed E-state index contributed by atoms with van der Waals surface area (Å²) in [6.07, 6.45) is 0. The molecule has 0 saturated heterocycles. The molecule has 8 heteroatoms. The highest BCUT2D eigenvalue weighted by molar-refractivity contribution is 7.92. The molecule has 0 spiro atoms. The number of nitrogens with one attached hydrogen (secondary N) is 1. The molecule has 124 valence electrons. The van der Waals surface area contributed by atoms with Crippen molar-refractivity contribution in [3.63, 3.8) is 0 Å². The Bertz CT molecular complexity index is 972. The molecule has 1 amide bonds. The maximum Gasteiger partial charge on any atom is 0.261 e. The van der Waals surface area contributed by atoms with Gasteiger partial charge >= 0.3 is 0 Å². The lowest BCUT2D eigenvalue weighted by Crippen LogP contribution is -2.16. The van der Waals surface area contributed by atoms with E-state index in [4.69, 9.17) is 5.73 Å². The molecule has 1 aromatic carbocycles. The quantitative estimate of drug-likeness (QED) is 0.710. The molecule has 3 aromatic rings. The number of sulfonamides is 1. The third-order valence-corrected chi connectivity index (χ3v) is 6.60. The zero-order chi connectivity index (χ0) is 17.3. The molecular formula is C16H14N2O3S3. The average Bonchev–Trinajstić information content (AvgIpc) is 3.16. The fourth-order valence-corrected chi connectivity index (χ4v) is 4.94. The molecule has 3 rings (SSSR count). The van der Waals surface area contributed by atoms with Gasteiger partial charge in [-0.25, -0.2) is 8.42 Å². The number of carbonyl (C=O) groups is 1. The summed E-state index contributed by atoms with van der Waals surface area (Å²) in [5.41, 5.74) is 7.49. The van der Waals surface area contributed by atoms with E-state index in [9.17, 15) is 13.2 Å². The van der Waals surface area contributed by atoms with E-state index in [1.165, 1.54) is 34.8 Å². The monoisotopic (exact) mass is 378 g/mol. The van der Waals surface area contributed by atoms with Crippen LogP contribution in [0, 0.1) is 6.92 Å². The molecule has 0 fully saturated rings. The highest BCUT2D eigenvalue weighted by Gasteiger charge is 2.21. The Balaban J connectivity index is 1.99. The number of nitrogens with two attached hydrogens (primary N) is 1. The predicted octanol–water partition coefficient (Wildman–Crippen LogP) is 3.68. The van der Waals surface area contributed by atoms with Crippen molar-refractivity contribution in [3.8, 4) is 10.4 Å². The summed E-state index contributed by atoms with van der Waals surface area (Å²) in [5.74, 6) is -0.664. The van der Waals surface area contributed by atoms with Gasteiger partial charge < -0.3 is 5.73 Å². The SMILES string of the molecule is Cc1ccc(S(=O)(=O)Nc2cc(-c3ccsc3)sc2C(N)=O)cc1. The largest absolute Gasteiger partial charge is 0.365 e. The minimum absolute atomic E-state index is 0.131. The van der Waals surface area contributed by atoms with Crippen LogP contribution in [0.4, 0.5) is 5.69 Å². The van der Waals surface area contributed by atoms with Gasteiger partial charge in [0.05, 0.1) is 10.6 Å². The number of anilines is 1. The van der Waals surface area contributed by atoms with Crippen molar-refractivity contribution in [2.24, 2.45) is 5.73 Å². The molecule has 3 N–H and O–H groups in total. The van der Waals surface area contributed by atoms with Crippen LogP contribution in [0.15, 0.2) is 52.1 Å². The first-order valence-electron chi connectivity index (χ1n) is 6.92. The van der Waals surface area contributed by atoms with Crippen LogP contribution in [-0.2, 0) is 10.0 Å². The van der Waals surface area contributed by atoms with Gasteiger partial charge in [-0.05, 0) is 41.9 Å². The average molecular weight is 379 g/mol. The topological polar surface area (TPSA) is 89.3 Å². The van der Waals surface area contributed by atoms with Crippen LogP contribution in [0.1, 0.15) is 15.2 Å². The summed E-state index contributed by atoms with van der Waals surface area (Å²) in [5, 5.41) is 3.84. The Morgan fingerprint density at radius 2 is 1.88 bits per heavy atom. The lowest BCUT2D eigenvalue weighted by atomic mass is 10.2. The fourth-order valence-electron chi connectivity index (χ4n) is 2.12. The van der Waals surface area contributed by atoms with Gasteiger partial charge in [-0.3, -0.25) is 9.52 Å². The van der Waals surface area contributed by atoms with Gasteiger partial charge in [-0.15, -0.1) is 11.3 Å². The first kappa shape index (κ1) is 16.7.